The Morgan fingerprint density at radius 2 is 1.35 bits per heavy atom. The molecule has 7 nitrogen and oxygen atoms in total. The Morgan fingerprint density at radius 1 is 0.870 bits per heavy atom. The summed E-state index contributed by atoms with van der Waals surface area (Å²) in [6.45, 7) is 0. The van der Waals surface area contributed by atoms with Gasteiger partial charge in [-0.15, -0.1) is 5.10 Å². The standard InChI is InChI=1S/C16H13N5O2/c1-20-18-16(17-19-20)21(14(22)12-8-4-2-5-9-12)15(23)13-10-6-3-7-11-13/h2-11H,1H3. The maximum Gasteiger partial charge on any atom is 0.280 e. The lowest BCUT2D eigenvalue weighted by Gasteiger charge is -2.16. The number of benzene rings is 2. The lowest BCUT2D eigenvalue weighted by molar-refractivity contribution is 0.0895. The molecule has 7 heteroatoms. The van der Waals surface area contributed by atoms with Gasteiger partial charge in [0.2, 0.25) is 0 Å². The van der Waals surface area contributed by atoms with Crippen molar-refractivity contribution in [2.45, 2.75) is 0 Å². The minimum atomic E-state index is -0.507. The second-order valence-electron chi connectivity index (χ2n) is 4.76. The fourth-order valence-electron chi connectivity index (χ4n) is 2.06. The van der Waals surface area contributed by atoms with Gasteiger partial charge in [0, 0.05) is 11.1 Å². The molecule has 0 radical (unpaired) electrons. The molecule has 3 aromatic rings. The van der Waals surface area contributed by atoms with Gasteiger partial charge in [-0.1, -0.05) is 41.5 Å². The quantitative estimate of drug-likeness (QED) is 0.688. The lowest BCUT2D eigenvalue weighted by atomic mass is 10.1. The van der Waals surface area contributed by atoms with Crippen molar-refractivity contribution in [3.05, 3.63) is 71.8 Å². The van der Waals surface area contributed by atoms with E-state index in [-0.39, 0.29) is 5.95 Å². The number of anilines is 1. The van der Waals surface area contributed by atoms with E-state index >= 15 is 0 Å². The van der Waals surface area contributed by atoms with E-state index in [0.717, 1.165) is 4.90 Å². The molecule has 2 amide bonds. The number of nitrogens with zero attached hydrogens (tertiary/aromatic N) is 5. The molecule has 3 rings (SSSR count). The van der Waals surface area contributed by atoms with E-state index in [2.05, 4.69) is 15.4 Å². The highest BCUT2D eigenvalue weighted by Gasteiger charge is 2.29. The third kappa shape index (κ3) is 2.98. The number of aryl methyl sites for hydroxylation is 1. The second kappa shape index (κ2) is 6.18. The molecule has 1 aromatic heterocycles. The van der Waals surface area contributed by atoms with E-state index in [4.69, 9.17) is 0 Å². The van der Waals surface area contributed by atoms with E-state index in [1.165, 1.54) is 4.80 Å². The number of rotatable bonds is 3. The van der Waals surface area contributed by atoms with Gasteiger partial charge in [0.05, 0.1) is 7.05 Å². The number of carbonyl (C=O) groups excluding carboxylic acids is 2. The Labute approximate surface area is 132 Å². The van der Waals surface area contributed by atoms with Gasteiger partial charge in [0.25, 0.3) is 17.8 Å². The molecule has 0 aliphatic carbocycles. The SMILES string of the molecule is Cn1nnc(N(C(=O)c2ccccc2)C(=O)c2ccccc2)n1. The molecule has 0 bridgehead atoms. The first-order valence-electron chi connectivity index (χ1n) is 6.89. The Hall–Kier alpha value is -3.35. The average molecular weight is 307 g/mol. The zero-order chi connectivity index (χ0) is 16.2. The second-order valence-corrected chi connectivity index (χ2v) is 4.76. The molecule has 2 aromatic carbocycles. The highest BCUT2D eigenvalue weighted by molar-refractivity contribution is 6.24. The van der Waals surface area contributed by atoms with E-state index < -0.39 is 11.8 Å². The van der Waals surface area contributed by atoms with Gasteiger partial charge in [-0.2, -0.15) is 4.80 Å². The van der Waals surface area contributed by atoms with Gasteiger partial charge in [0.15, 0.2) is 0 Å². The van der Waals surface area contributed by atoms with Gasteiger partial charge in [0.1, 0.15) is 0 Å². The molecule has 0 saturated heterocycles. The van der Waals surface area contributed by atoms with Crippen LogP contribution in [0.3, 0.4) is 0 Å². The van der Waals surface area contributed by atoms with Crippen molar-refractivity contribution < 1.29 is 9.59 Å². The molecule has 0 unspecified atom stereocenters. The van der Waals surface area contributed by atoms with Crippen molar-refractivity contribution in [3.8, 4) is 0 Å². The van der Waals surface area contributed by atoms with Crippen LogP contribution in [0.5, 0.6) is 0 Å². The lowest BCUT2D eigenvalue weighted by Crippen LogP contribution is -2.38. The van der Waals surface area contributed by atoms with Crippen LogP contribution in [0.4, 0.5) is 5.95 Å². The molecule has 0 atom stereocenters. The van der Waals surface area contributed by atoms with Crippen LogP contribution in [-0.2, 0) is 7.05 Å². The summed E-state index contributed by atoms with van der Waals surface area (Å²) >= 11 is 0. The first-order chi connectivity index (χ1) is 11.2. The first-order valence-corrected chi connectivity index (χ1v) is 6.89. The molecule has 0 aliphatic heterocycles. The summed E-state index contributed by atoms with van der Waals surface area (Å²) in [4.78, 5) is 27.6. The number of hydrogen-bond donors (Lipinski definition) is 0. The van der Waals surface area contributed by atoms with Crippen LogP contribution >= 0.6 is 0 Å². The average Bonchev–Trinajstić information content (AvgIpc) is 3.02. The largest absolute Gasteiger partial charge is 0.280 e. The number of tetrazole rings is 1. The Morgan fingerprint density at radius 3 is 1.74 bits per heavy atom. The monoisotopic (exact) mass is 307 g/mol. The molecule has 1 heterocycles. The topological polar surface area (TPSA) is 81.0 Å². The molecule has 0 spiro atoms. The van der Waals surface area contributed by atoms with Crippen LogP contribution in [-0.4, -0.2) is 32.0 Å². The minimum Gasteiger partial charge on any atom is -0.268 e. The van der Waals surface area contributed by atoms with Gasteiger partial charge >= 0.3 is 0 Å². The number of carbonyl (C=O) groups is 2. The molecular formula is C16H13N5O2. The Kier molecular flexibility index (Phi) is 3.92. The summed E-state index contributed by atoms with van der Waals surface area (Å²) in [5.74, 6) is -1.07. The summed E-state index contributed by atoms with van der Waals surface area (Å²) in [5, 5.41) is 11.5. The fourth-order valence-corrected chi connectivity index (χ4v) is 2.06. The molecule has 0 saturated carbocycles. The van der Waals surface area contributed by atoms with Gasteiger partial charge in [-0.05, 0) is 29.5 Å². The number of amides is 2. The van der Waals surface area contributed by atoms with Crippen molar-refractivity contribution in [1.82, 2.24) is 20.2 Å². The van der Waals surface area contributed by atoms with E-state index in [1.54, 1.807) is 67.7 Å². The van der Waals surface area contributed by atoms with Crippen LogP contribution in [0.15, 0.2) is 60.7 Å². The van der Waals surface area contributed by atoms with Crippen LogP contribution in [0.1, 0.15) is 20.7 Å². The molecule has 23 heavy (non-hydrogen) atoms. The van der Waals surface area contributed by atoms with E-state index in [0.29, 0.717) is 11.1 Å². The van der Waals surface area contributed by atoms with Crippen molar-refractivity contribution in [2.75, 3.05) is 4.90 Å². The predicted molar refractivity (Wildman–Crippen MR) is 82.8 cm³/mol. The predicted octanol–water partition coefficient (Wildman–Crippen LogP) is 1.70. The summed E-state index contributed by atoms with van der Waals surface area (Å²) in [6.07, 6.45) is 0. The maximum absolute atomic E-state index is 12.8. The van der Waals surface area contributed by atoms with Crippen LogP contribution in [0.2, 0.25) is 0 Å². The summed E-state index contributed by atoms with van der Waals surface area (Å²) < 4.78 is 0. The highest BCUT2D eigenvalue weighted by atomic mass is 16.2. The maximum atomic E-state index is 12.8. The number of aromatic nitrogens is 4. The molecule has 114 valence electrons. The molecule has 0 aliphatic rings. The van der Waals surface area contributed by atoms with E-state index in [1.807, 2.05) is 0 Å². The zero-order valence-electron chi connectivity index (χ0n) is 12.3. The third-order valence-electron chi connectivity index (χ3n) is 3.15. The highest BCUT2D eigenvalue weighted by Crippen LogP contribution is 2.15. The molecular weight excluding hydrogens is 294 g/mol. The van der Waals surface area contributed by atoms with Gasteiger partial charge in [-0.25, -0.2) is 4.90 Å². The summed E-state index contributed by atoms with van der Waals surface area (Å²) in [6, 6.07) is 17.0. The zero-order valence-corrected chi connectivity index (χ0v) is 12.3. The van der Waals surface area contributed by atoms with Crippen LogP contribution in [0.25, 0.3) is 0 Å². The fraction of sp³-hybridized carbons (Fsp3) is 0.0625. The van der Waals surface area contributed by atoms with Crippen molar-refractivity contribution in [2.24, 2.45) is 7.05 Å². The first kappa shape index (κ1) is 14.6. The third-order valence-corrected chi connectivity index (χ3v) is 3.15. The van der Waals surface area contributed by atoms with E-state index in [9.17, 15) is 9.59 Å². The summed E-state index contributed by atoms with van der Waals surface area (Å²) in [7, 11) is 1.56. The Balaban J connectivity index is 2.04. The normalized spacial score (nSPS) is 10.3. The van der Waals surface area contributed by atoms with Gasteiger partial charge < -0.3 is 0 Å². The molecule has 0 N–H and O–H groups in total. The minimum absolute atomic E-state index is 0.0600. The van der Waals surface area contributed by atoms with Gasteiger partial charge in [-0.3, -0.25) is 9.59 Å². The Bertz CT molecular complexity index is 778. The smallest absolute Gasteiger partial charge is 0.268 e. The number of hydrogen-bond acceptors (Lipinski definition) is 5. The van der Waals surface area contributed by atoms with Crippen molar-refractivity contribution >= 4 is 17.8 Å². The van der Waals surface area contributed by atoms with Crippen LogP contribution < -0.4 is 4.90 Å². The number of imide groups is 1. The van der Waals surface area contributed by atoms with Crippen molar-refractivity contribution in [3.63, 3.8) is 0 Å². The summed E-state index contributed by atoms with van der Waals surface area (Å²) in [5.41, 5.74) is 0.730. The van der Waals surface area contributed by atoms with Crippen LogP contribution in [0, 0.1) is 0 Å². The van der Waals surface area contributed by atoms with Crippen molar-refractivity contribution in [1.29, 1.82) is 0 Å². The molecule has 0 fully saturated rings.